The molecule has 6 nitrogen and oxygen atoms in total. The first-order chi connectivity index (χ1) is 6.69. The molecule has 0 atom stereocenters. The Morgan fingerprint density at radius 1 is 1.43 bits per heavy atom. The molecule has 14 heavy (non-hydrogen) atoms. The molecule has 0 amide bonds. The van der Waals surface area contributed by atoms with Crippen molar-refractivity contribution in [2.75, 3.05) is 11.9 Å². The van der Waals surface area contributed by atoms with Gasteiger partial charge in [-0.05, 0) is 13.3 Å². The van der Waals surface area contributed by atoms with Crippen molar-refractivity contribution in [1.82, 2.24) is 14.5 Å². The molecule has 0 aliphatic rings. The number of nitrogens with zero attached hydrogens (tertiary/aromatic N) is 2. The maximum atomic E-state index is 11.3. The topological polar surface area (TPSA) is 79.8 Å². The van der Waals surface area contributed by atoms with Crippen LogP contribution in [0.15, 0.2) is 9.59 Å². The standard InChI is InChI=1S/C8H14N4O2/c1-3-5-9-6-10-7(13)12(4-2)8(14)11-6/h3-5H2,1-2H3,(H2,9,10,11,13,14). The number of nitrogens with one attached hydrogen (secondary N) is 2. The zero-order chi connectivity index (χ0) is 10.6. The average Bonchev–Trinajstić information content (AvgIpc) is 2.14. The van der Waals surface area contributed by atoms with E-state index in [0.29, 0.717) is 13.1 Å². The van der Waals surface area contributed by atoms with Crippen molar-refractivity contribution in [2.24, 2.45) is 0 Å². The minimum atomic E-state index is -0.519. The molecule has 1 aromatic heterocycles. The molecule has 0 radical (unpaired) electrons. The minimum Gasteiger partial charge on any atom is -0.356 e. The molecule has 0 fully saturated rings. The van der Waals surface area contributed by atoms with Gasteiger partial charge in [0.1, 0.15) is 0 Å². The second-order valence-electron chi connectivity index (χ2n) is 2.84. The lowest BCUT2D eigenvalue weighted by molar-refractivity contribution is 0.644. The van der Waals surface area contributed by atoms with E-state index < -0.39 is 11.4 Å². The molecule has 1 heterocycles. The molecule has 0 aromatic carbocycles. The molecular formula is C8H14N4O2. The van der Waals surface area contributed by atoms with E-state index in [0.717, 1.165) is 11.0 Å². The number of rotatable bonds is 4. The molecule has 6 heteroatoms. The second kappa shape index (κ2) is 4.59. The fourth-order valence-corrected chi connectivity index (χ4v) is 1.05. The summed E-state index contributed by atoms with van der Waals surface area (Å²) in [7, 11) is 0. The number of H-pyrrole nitrogens is 1. The van der Waals surface area contributed by atoms with Gasteiger partial charge < -0.3 is 5.32 Å². The average molecular weight is 198 g/mol. The SMILES string of the molecule is CCCNc1nc(=O)n(CC)c(=O)[nH]1. The van der Waals surface area contributed by atoms with Gasteiger partial charge in [0.2, 0.25) is 5.95 Å². The van der Waals surface area contributed by atoms with Gasteiger partial charge in [0, 0.05) is 13.1 Å². The molecule has 2 N–H and O–H groups in total. The van der Waals surface area contributed by atoms with Crippen LogP contribution < -0.4 is 16.7 Å². The van der Waals surface area contributed by atoms with Crippen LogP contribution in [0.1, 0.15) is 20.3 Å². The maximum Gasteiger partial charge on any atom is 0.354 e. The summed E-state index contributed by atoms with van der Waals surface area (Å²) in [5.41, 5.74) is -0.944. The molecule has 1 rings (SSSR count). The largest absolute Gasteiger partial charge is 0.356 e. The van der Waals surface area contributed by atoms with Gasteiger partial charge in [-0.2, -0.15) is 4.98 Å². The zero-order valence-electron chi connectivity index (χ0n) is 8.33. The van der Waals surface area contributed by atoms with Gasteiger partial charge in [-0.15, -0.1) is 0 Å². The van der Waals surface area contributed by atoms with Crippen LogP contribution >= 0.6 is 0 Å². The number of anilines is 1. The lowest BCUT2D eigenvalue weighted by Crippen LogP contribution is -2.37. The Bertz CT molecular complexity index is 375. The van der Waals surface area contributed by atoms with E-state index in [-0.39, 0.29) is 5.95 Å². The molecule has 0 unspecified atom stereocenters. The molecule has 0 saturated carbocycles. The van der Waals surface area contributed by atoms with Crippen LogP contribution in [-0.2, 0) is 6.54 Å². The van der Waals surface area contributed by atoms with E-state index in [1.54, 1.807) is 6.92 Å². The van der Waals surface area contributed by atoms with Crippen LogP contribution in [0.5, 0.6) is 0 Å². The fraction of sp³-hybridized carbons (Fsp3) is 0.625. The van der Waals surface area contributed by atoms with Gasteiger partial charge in [-0.3, -0.25) is 4.98 Å². The Balaban J connectivity index is 3.02. The van der Waals surface area contributed by atoms with E-state index in [2.05, 4.69) is 15.3 Å². The molecular weight excluding hydrogens is 184 g/mol. The molecule has 0 spiro atoms. The van der Waals surface area contributed by atoms with Crippen molar-refractivity contribution >= 4 is 5.95 Å². The van der Waals surface area contributed by atoms with E-state index >= 15 is 0 Å². The van der Waals surface area contributed by atoms with Gasteiger partial charge in [0.05, 0.1) is 0 Å². The number of aromatic amines is 1. The Kier molecular flexibility index (Phi) is 3.44. The third-order valence-corrected chi connectivity index (χ3v) is 1.77. The summed E-state index contributed by atoms with van der Waals surface area (Å²) in [4.78, 5) is 28.7. The minimum absolute atomic E-state index is 0.242. The van der Waals surface area contributed by atoms with Gasteiger partial charge in [0.15, 0.2) is 0 Å². The molecule has 0 bridgehead atoms. The fourth-order valence-electron chi connectivity index (χ4n) is 1.05. The van der Waals surface area contributed by atoms with Crippen LogP contribution in [0.4, 0.5) is 5.95 Å². The summed E-state index contributed by atoms with van der Waals surface area (Å²) in [5, 5.41) is 2.85. The number of hydrogen-bond acceptors (Lipinski definition) is 4. The van der Waals surface area contributed by atoms with E-state index in [9.17, 15) is 9.59 Å². The van der Waals surface area contributed by atoms with Crippen molar-refractivity contribution in [3.8, 4) is 0 Å². The highest BCUT2D eigenvalue weighted by molar-refractivity contribution is 5.20. The van der Waals surface area contributed by atoms with Crippen molar-refractivity contribution in [2.45, 2.75) is 26.8 Å². The Morgan fingerprint density at radius 3 is 2.64 bits per heavy atom. The predicted octanol–water partition coefficient (Wildman–Crippen LogP) is -0.227. The van der Waals surface area contributed by atoms with Crippen LogP contribution in [-0.4, -0.2) is 21.1 Å². The summed E-state index contributed by atoms with van der Waals surface area (Å²) >= 11 is 0. The van der Waals surface area contributed by atoms with Crippen molar-refractivity contribution in [3.63, 3.8) is 0 Å². The summed E-state index contributed by atoms with van der Waals surface area (Å²) in [5.74, 6) is 0.242. The Labute approximate surface area is 81.0 Å². The smallest absolute Gasteiger partial charge is 0.354 e. The van der Waals surface area contributed by atoms with Crippen molar-refractivity contribution in [3.05, 3.63) is 21.0 Å². The van der Waals surface area contributed by atoms with Gasteiger partial charge in [-0.25, -0.2) is 14.2 Å². The molecule has 0 saturated heterocycles. The van der Waals surface area contributed by atoms with Gasteiger partial charge in [-0.1, -0.05) is 6.92 Å². The highest BCUT2D eigenvalue weighted by Crippen LogP contribution is 1.88. The maximum absolute atomic E-state index is 11.3. The van der Waals surface area contributed by atoms with Crippen molar-refractivity contribution in [1.29, 1.82) is 0 Å². The van der Waals surface area contributed by atoms with Crippen LogP contribution in [0.25, 0.3) is 0 Å². The van der Waals surface area contributed by atoms with Crippen molar-refractivity contribution < 1.29 is 0 Å². The quantitative estimate of drug-likeness (QED) is 0.700. The van der Waals surface area contributed by atoms with E-state index in [1.165, 1.54) is 0 Å². The summed E-state index contributed by atoms with van der Waals surface area (Å²) in [6.45, 7) is 4.71. The second-order valence-corrected chi connectivity index (χ2v) is 2.84. The lowest BCUT2D eigenvalue weighted by Gasteiger charge is -2.04. The third kappa shape index (κ3) is 2.21. The van der Waals surface area contributed by atoms with E-state index in [1.807, 2.05) is 6.92 Å². The van der Waals surface area contributed by atoms with Crippen LogP contribution in [0.3, 0.4) is 0 Å². The summed E-state index contributed by atoms with van der Waals surface area (Å²) in [6, 6.07) is 0. The third-order valence-electron chi connectivity index (χ3n) is 1.77. The molecule has 0 aliphatic carbocycles. The zero-order valence-corrected chi connectivity index (χ0v) is 8.33. The van der Waals surface area contributed by atoms with Crippen LogP contribution in [0.2, 0.25) is 0 Å². The first-order valence-corrected chi connectivity index (χ1v) is 4.64. The normalized spacial score (nSPS) is 10.1. The number of aromatic nitrogens is 3. The Hall–Kier alpha value is -1.59. The summed E-state index contributed by atoms with van der Waals surface area (Å²) in [6.07, 6.45) is 0.903. The van der Waals surface area contributed by atoms with E-state index in [4.69, 9.17) is 0 Å². The molecule has 0 aliphatic heterocycles. The lowest BCUT2D eigenvalue weighted by atomic mass is 10.5. The Morgan fingerprint density at radius 2 is 2.14 bits per heavy atom. The number of hydrogen-bond donors (Lipinski definition) is 2. The van der Waals surface area contributed by atoms with Gasteiger partial charge in [0.25, 0.3) is 0 Å². The summed E-state index contributed by atoms with van der Waals surface area (Å²) < 4.78 is 1.04. The molecule has 78 valence electrons. The monoisotopic (exact) mass is 198 g/mol. The molecule has 1 aromatic rings. The first-order valence-electron chi connectivity index (χ1n) is 4.64. The van der Waals surface area contributed by atoms with Gasteiger partial charge >= 0.3 is 11.4 Å². The highest BCUT2D eigenvalue weighted by atomic mass is 16.2. The highest BCUT2D eigenvalue weighted by Gasteiger charge is 2.02. The first kappa shape index (κ1) is 10.5. The van der Waals surface area contributed by atoms with Crippen LogP contribution in [0, 0.1) is 0 Å². The predicted molar refractivity (Wildman–Crippen MR) is 53.6 cm³/mol.